The quantitative estimate of drug-likeness (QED) is 0.313. The first-order chi connectivity index (χ1) is 0. The Kier molecular flexibility index (Phi) is 471. The summed E-state index contributed by atoms with van der Waals surface area (Å²) in [7, 11) is 0. The summed E-state index contributed by atoms with van der Waals surface area (Å²) in [5.41, 5.74) is 0. The van der Waals surface area contributed by atoms with Gasteiger partial charge in [-0.1, -0.05) is 0 Å². The van der Waals surface area contributed by atoms with Crippen LogP contribution in [0.15, 0.2) is 0 Å². The van der Waals surface area contributed by atoms with Crippen molar-refractivity contribution < 1.29 is 50.9 Å². The van der Waals surface area contributed by atoms with Gasteiger partial charge < -0.3 is 11.0 Å². The molecule has 0 saturated heterocycles. The van der Waals surface area contributed by atoms with E-state index < -0.39 is 0 Å². The Hall–Kier alpha value is 1.21. The second-order valence-corrected chi connectivity index (χ2v) is 0. The molecule has 0 unspecified atom stereocenters. The molecule has 0 rings (SSSR count). The fourth-order valence-electron chi connectivity index (χ4n) is 0. The van der Waals surface area contributed by atoms with E-state index in [1.165, 1.54) is 0 Å². The fraction of sp³-hybridized carbons (Fsp3) is 0. The Morgan fingerprint density at radius 3 is 0.750 bits per heavy atom. The maximum Gasteiger partial charge on any atom is 3.00 e. The van der Waals surface area contributed by atoms with Crippen LogP contribution in [0, 0.1) is 0 Å². The zero-order valence-electron chi connectivity index (χ0n) is 2.22. The van der Waals surface area contributed by atoms with Crippen LogP contribution in [0.25, 0.3) is 0 Å². The first-order valence-corrected chi connectivity index (χ1v) is 0. The van der Waals surface area contributed by atoms with Crippen LogP contribution in [0.5, 0.6) is 0 Å². The van der Waals surface area contributed by atoms with Crippen molar-refractivity contribution in [3.05, 3.63) is 0 Å². The molecule has 0 atom stereocenters. The molecule has 0 amide bonds. The van der Waals surface area contributed by atoms with E-state index in [-0.39, 0.29) is 50.9 Å². The van der Waals surface area contributed by atoms with Gasteiger partial charge in [-0.3, -0.25) is 0 Å². The molecule has 0 aliphatic rings. The van der Waals surface area contributed by atoms with Gasteiger partial charge in [0.05, 0.1) is 0 Å². The maximum absolute atomic E-state index is 0. The van der Waals surface area contributed by atoms with Gasteiger partial charge in [-0.15, -0.1) is 0 Å². The summed E-state index contributed by atoms with van der Waals surface area (Å²) >= 11 is 0. The van der Waals surface area contributed by atoms with E-state index in [1.54, 1.807) is 0 Å². The summed E-state index contributed by atoms with van der Waals surface area (Å²) in [4.78, 5) is 0. The van der Waals surface area contributed by atoms with Crippen molar-refractivity contribution in [3.8, 4) is 0 Å². The molecule has 2 nitrogen and oxygen atoms in total. The Bertz CT molecular complexity index is 6.00. The van der Waals surface area contributed by atoms with Crippen molar-refractivity contribution in [3.63, 3.8) is 0 Å². The van der Waals surface area contributed by atoms with E-state index in [0.717, 1.165) is 0 Å². The minimum Gasteiger partial charge on any atom is -2.00 e. The molecule has 0 aliphatic carbocycles. The minimum absolute atomic E-state index is 0. The topological polar surface area (TPSA) is 57.0 Å². The predicted molar refractivity (Wildman–Crippen MR) is 1.37 cm³/mol. The van der Waals surface area contributed by atoms with Crippen LogP contribution < -0.4 is 18.9 Å². The summed E-state index contributed by atoms with van der Waals surface area (Å²) in [6, 6.07) is 0. The molecule has 0 N–H and O–H groups in total. The average Bonchev–Trinajstić information content (AvgIpc) is 0. The molecule has 4 heteroatoms. The molecular formula is LiMoO2. The van der Waals surface area contributed by atoms with Crippen molar-refractivity contribution in [2.45, 2.75) is 0 Å². The molecular weight excluding hydrogens is 135 g/mol. The molecule has 0 aromatic heterocycles. The molecule has 0 fully saturated rings. The molecule has 0 saturated carbocycles. The van der Waals surface area contributed by atoms with Gasteiger partial charge in [-0.05, 0) is 0 Å². The van der Waals surface area contributed by atoms with Gasteiger partial charge in [-0.25, -0.2) is 0 Å². The molecule has 19 valence electrons. The summed E-state index contributed by atoms with van der Waals surface area (Å²) in [5, 5.41) is 0. The Morgan fingerprint density at radius 2 is 0.750 bits per heavy atom. The number of hydrogen-bond acceptors (Lipinski definition) is 0. The van der Waals surface area contributed by atoms with Crippen molar-refractivity contribution in [2.75, 3.05) is 0 Å². The smallest absolute Gasteiger partial charge is 2.00 e. The van der Waals surface area contributed by atoms with Crippen molar-refractivity contribution in [1.29, 1.82) is 0 Å². The zero-order chi connectivity index (χ0) is 0. The normalized spacial score (nSPS) is 0. The predicted octanol–water partition coefficient (Wildman–Crippen LogP) is -3.24. The third kappa shape index (κ3) is 10.7. The van der Waals surface area contributed by atoms with Gasteiger partial charge in [0, 0.05) is 0 Å². The Balaban J connectivity index is 0. The molecule has 0 spiro atoms. The van der Waals surface area contributed by atoms with E-state index in [9.17, 15) is 0 Å². The SMILES string of the molecule is [Li+].[Mo+3].[O-2].[O-2]. The van der Waals surface area contributed by atoms with Crippen LogP contribution in [-0.2, 0) is 32.0 Å². The van der Waals surface area contributed by atoms with Crippen LogP contribution in [0.3, 0.4) is 0 Å². The Labute approximate surface area is 51.0 Å². The first kappa shape index (κ1) is 63.3. The molecule has 4 heavy (non-hydrogen) atoms. The van der Waals surface area contributed by atoms with Gasteiger partial charge in [0.2, 0.25) is 0 Å². The molecule has 1 radical (unpaired) electrons. The van der Waals surface area contributed by atoms with Gasteiger partial charge in [0.25, 0.3) is 0 Å². The van der Waals surface area contributed by atoms with Crippen LogP contribution in [0.2, 0.25) is 0 Å². The van der Waals surface area contributed by atoms with E-state index >= 15 is 0 Å². The van der Waals surface area contributed by atoms with Gasteiger partial charge >= 0.3 is 39.9 Å². The van der Waals surface area contributed by atoms with Crippen molar-refractivity contribution >= 4 is 0 Å². The molecule has 0 bridgehead atoms. The second kappa shape index (κ2) is 29.7. The van der Waals surface area contributed by atoms with Crippen LogP contribution in [-0.4, -0.2) is 0 Å². The molecule has 0 aromatic carbocycles. The van der Waals surface area contributed by atoms with E-state index in [0.29, 0.717) is 0 Å². The summed E-state index contributed by atoms with van der Waals surface area (Å²) in [6.07, 6.45) is 0. The summed E-state index contributed by atoms with van der Waals surface area (Å²) in [5.74, 6) is 0. The third-order valence-electron chi connectivity index (χ3n) is 0. The molecule has 0 heterocycles. The molecule has 0 aliphatic heterocycles. The van der Waals surface area contributed by atoms with Crippen LogP contribution in [0.1, 0.15) is 0 Å². The van der Waals surface area contributed by atoms with Crippen molar-refractivity contribution in [2.24, 2.45) is 0 Å². The maximum atomic E-state index is 0. The zero-order valence-corrected chi connectivity index (χ0v) is 4.23. The van der Waals surface area contributed by atoms with E-state index in [4.69, 9.17) is 0 Å². The number of hydrogen-bond donors (Lipinski definition) is 0. The van der Waals surface area contributed by atoms with Gasteiger partial charge in [0.1, 0.15) is 0 Å². The third-order valence-corrected chi connectivity index (χ3v) is 0. The van der Waals surface area contributed by atoms with Crippen molar-refractivity contribution in [1.82, 2.24) is 0 Å². The van der Waals surface area contributed by atoms with Gasteiger partial charge in [0.15, 0.2) is 0 Å². The van der Waals surface area contributed by atoms with E-state index in [1.807, 2.05) is 0 Å². The Morgan fingerprint density at radius 1 is 0.750 bits per heavy atom. The molecule has 0 aromatic rings. The minimum atomic E-state index is 0. The summed E-state index contributed by atoms with van der Waals surface area (Å²) < 4.78 is 0. The van der Waals surface area contributed by atoms with Crippen LogP contribution in [0.4, 0.5) is 0 Å². The van der Waals surface area contributed by atoms with Gasteiger partial charge in [-0.2, -0.15) is 0 Å². The summed E-state index contributed by atoms with van der Waals surface area (Å²) in [6.45, 7) is 0. The largest absolute Gasteiger partial charge is 3.00 e. The fourth-order valence-corrected chi connectivity index (χ4v) is 0. The van der Waals surface area contributed by atoms with E-state index in [2.05, 4.69) is 0 Å². The first-order valence-electron chi connectivity index (χ1n) is 0. The second-order valence-electron chi connectivity index (χ2n) is 0. The number of rotatable bonds is 0. The standard InChI is InChI=1S/Li.Mo.2O/q+1;+3;2*-2. The monoisotopic (exact) mass is 137 g/mol. The average molecular weight is 135 g/mol. The van der Waals surface area contributed by atoms with Crippen LogP contribution >= 0.6 is 0 Å².